The molecule has 1 amide bonds. The van der Waals surface area contributed by atoms with Gasteiger partial charge in [-0.2, -0.15) is 5.10 Å². The molecule has 0 atom stereocenters. The van der Waals surface area contributed by atoms with Crippen LogP contribution in [0.4, 0.5) is 0 Å². The van der Waals surface area contributed by atoms with E-state index in [1.54, 1.807) is 18.0 Å². The third kappa shape index (κ3) is 4.48. The molecule has 0 saturated carbocycles. The molecule has 33 heavy (non-hydrogen) atoms. The number of para-hydroxylation sites is 2. The number of fused-ring (bicyclic) bond motifs is 1. The van der Waals surface area contributed by atoms with Gasteiger partial charge in [-0.15, -0.1) is 0 Å². The van der Waals surface area contributed by atoms with Gasteiger partial charge in [0.05, 0.1) is 36.8 Å². The molecule has 7 nitrogen and oxygen atoms in total. The van der Waals surface area contributed by atoms with Crippen LogP contribution in [0, 0.1) is 0 Å². The Balaban J connectivity index is 1.43. The Morgan fingerprint density at radius 1 is 1.03 bits per heavy atom. The number of hydrogen-bond acceptors (Lipinski definition) is 4. The molecule has 0 aliphatic carbocycles. The number of methoxy groups -OCH3 is 1. The topological polar surface area (TPSA) is 84.8 Å². The molecule has 0 aliphatic rings. The Kier molecular flexibility index (Phi) is 5.59. The molecule has 0 bridgehead atoms. The van der Waals surface area contributed by atoms with Crippen molar-refractivity contribution in [2.45, 2.75) is 13.1 Å². The number of nitrogens with one attached hydrogen (secondary N) is 2. The van der Waals surface area contributed by atoms with Crippen molar-refractivity contribution >= 4 is 16.9 Å². The van der Waals surface area contributed by atoms with Gasteiger partial charge in [0.25, 0.3) is 5.91 Å². The van der Waals surface area contributed by atoms with Crippen molar-refractivity contribution in [3.63, 3.8) is 0 Å². The molecule has 0 unspecified atom stereocenters. The van der Waals surface area contributed by atoms with Gasteiger partial charge in [-0.25, -0.2) is 4.98 Å². The number of rotatable bonds is 7. The molecule has 5 aromatic rings. The molecule has 0 saturated heterocycles. The lowest BCUT2D eigenvalue weighted by atomic mass is 10.1. The van der Waals surface area contributed by atoms with E-state index in [-0.39, 0.29) is 12.5 Å². The zero-order chi connectivity index (χ0) is 22.6. The van der Waals surface area contributed by atoms with Gasteiger partial charge in [-0.05, 0) is 29.8 Å². The smallest absolute Gasteiger partial charge is 0.255 e. The Labute approximate surface area is 191 Å². The van der Waals surface area contributed by atoms with E-state index in [0.29, 0.717) is 29.4 Å². The number of ether oxygens (including phenoxy) is 1. The Morgan fingerprint density at radius 2 is 1.85 bits per heavy atom. The summed E-state index contributed by atoms with van der Waals surface area (Å²) in [7, 11) is 1.62. The summed E-state index contributed by atoms with van der Waals surface area (Å²) in [5.41, 5.74) is 4.83. The number of carbonyl (C=O) groups is 1. The van der Waals surface area contributed by atoms with E-state index in [1.165, 1.54) is 0 Å². The fourth-order valence-corrected chi connectivity index (χ4v) is 3.77. The molecule has 5 rings (SSSR count). The number of imidazole rings is 1. The minimum Gasteiger partial charge on any atom is -0.497 e. The molecule has 164 valence electrons. The average molecular weight is 438 g/mol. The molecule has 3 aromatic carbocycles. The van der Waals surface area contributed by atoms with Crippen LogP contribution in [-0.4, -0.2) is 32.8 Å². The first-order chi connectivity index (χ1) is 16.2. The molecule has 0 radical (unpaired) electrons. The maximum Gasteiger partial charge on any atom is 0.255 e. The summed E-state index contributed by atoms with van der Waals surface area (Å²) in [5, 5.41) is 7.71. The number of aromatic amines is 1. The first-order valence-electron chi connectivity index (χ1n) is 10.7. The second kappa shape index (κ2) is 9.00. The SMILES string of the molecule is COc1cccc(-c2nn(Cc3ccccc3)cc2C(=O)NCc2nc3ccccc3[nH]2)c1. The van der Waals surface area contributed by atoms with Gasteiger partial charge in [-0.1, -0.05) is 54.6 Å². The van der Waals surface area contributed by atoms with Crippen molar-refractivity contribution in [3.8, 4) is 17.0 Å². The second-order valence-electron chi connectivity index (χ2n) is 7.69. The summed E-state index contributed by atoms with van der Waals surface area (Å²) in [6.07, 6.45) is 1.79. The minimum atomic E-state index is -0.215. The first kappa shape index (κ1) is 20.5. The number of amides is 1. The van der Waals surface area contributed by atoms with Crippen LogP contribution in [0.5, 0.6) is 5.75 Å². The lowest BCUT2D eigenvalue weighted by Crippen LogP contribution is -2.23. The van der Waals surface area contributed by atoms with Crippen molar-refractivity contribution < 1.29 is 9.53 Å². The van der Waals surface area contributed by atoms with Gasteiger partial charge in [0.15, 0.2) is 0 Å². The summed E-state index contributed by atoms with van der Waals surface area (Å²) < 4.78 is 7.16. The molecule has 0 aliphatic heterocycles. The lowest BCUT2D eigenvalue weighted by Gasteiger charge is -2.05. The van der Waals surface area contributed by atoms with Gasteiger partial charge < -0.3 is 15.0 Å². The van der Waals surface area contributed by atoms with E-state index in [0.717, 1.165) is 22.2 Å². The fourth-order valence-electron chi connectivity index (χ4n) is 3.77. The number of benzene rings is 3. The molecular weight excluding hydrogens is 414 g/mol. The largest absolute Gasteiger partial charge is 0.497 e. The van der Waals surface area contributed by atoms with Crippen molar-refractivity contribution in [1.29, 1.82) is 0 Å². The highest BCUT2D eigenvalue weighted by Crippen LogP contribution is 2.26. The van der Waals surface area contributed by atoms with Crippen molar-refractivity contribution in [2.75, 3.05) is 7.11 Å². The van der Waals surface area contributed by atoms with Gasteiger partial charge in [0, 0.05) is 11.8 Å². The predicted molar refractivity (Wildman–Crippen MR) is 127 cm³/mol. The predicted octanol–water partition coefficient (Wildman–Crippen LogP) is 4.41. The third-order valence-corrected chi connectivity index (χ3v) is 5.39. The molecule has 7 heteroatoms. The maximum atomic E-state index is 13.2. The van der Waals surface area contributed by atoms with E-state index >= 15 is 0 Å². The Hall–Kier alpha value is -4.39. The molecule has 2 heterocycles. The summed E-state index contributed by atoms with van der Waals surface area (Å²) in [6.45, 7) is 0.851. The minimum absolute atomic E-state index is 0.215. The van der Waals surface area contributed by atoms with Crippen molar-refractivity contribution in [3.05, 3.63) is 102 Å². The van der Waals surface area contributed by atoms with Crippen molar-refractivity contribution in [2.24, 2.45) is 0 Å². The first-order valence-corrected chi connectivity index (χ1v) is 10.7. The van der Waals surface area contributed by atoms with Gasteiger partial charge >= 0.3 is 0 Å². The van der Waals surface area contributed by atoms with E-state index in [1.807, 2.05) is 78.9 Å². The van der Waals surface area contributed by atoms with E-state index < -0.39 is 0 Å². The summed E-state index contributed by atoms with van der Waals surface area (Å²) in [6, 6.07) is 25.4. The van der Waals surface area contributed by atoms with Crippen molar-refractivity contribution in [1.82, 2.24) is 25.1 Å². The quantitative estimate of drug-likeness (QED) is 0.395. The average Bonchev–Trinajstić information content (AvgIpc) is 3.47. The standard InChI is InChI=1S/C26H23N5O2/c1-33-20-11-7-10-19(14-20)25-21(17-31(30-25)16-18-8-3-2-4-9-18)26(32)27-15-24-28-22-12-5-6-13-23(22)29-24/h2-14,17H,15-16H2,1H3,(H,27,32)(H,28,29). The Morgan fingerprint density at radius 3 is 2.67 bits per heavy atom. The van der Waals surface area contributed by atoms with Gasteiger partial charge in [-0.3, -0.25) is 9.48 Å². The zero-order valence-electron chi connectivity index (χ0n) is 18.2. The summed E-state index contributed by atoms with van der Waals surface area (Å²) >= 11 is 0. The van der Waals surface area contributed by atoms with E-state index in [9.17, 15) is 4.79 Å². The molecule has 2 aromatic heterocycles. The molecular formula is C26H23N5O2. The van der Waals surface area contributed by atoms with Crippen LogP contribution in [0.15, 0.2) is 85.1 Å². The number of carbonyl (C=O) groups excluding carboxylic acids is 1. The fraction of sp³-hybridized carbons (Fsp3) is 0.115. The normalized spacial score (nSPS) is 10.9. The molecule has 0 spiro atoms. The van der Waals surface area contributed by atoms with Crippen LogP contribution in [0.2, 0.25) is 0 Å². The van der Waals surface area contributed by atoms with Gasteiger partial charge in [0.2, 0.25) is 0 Å². The van der Waals surface area contributed by atoms with Crippen LogP contribution in [-0.2, 0) is 13.1 Å². The zero-order valence-corrected chi connectivity index (χ0v) is 18.2. The van der Waals surface area contributed by atoms with Crippen LogP contribution < -0.4 is 10.1 Å². The maximum absolute atomic E-state index is 13.2. The lowest BCUT2D eigenvalue weighted by molar-refractivity contribution is 0.0950. The van der Waals surface area contributed by atoms with E-state index in [4.69, 9.17) is 9.84 Å². The highest BCUT2D eigenvalue weighted by Gasteiger charge is 2.19. The number of H-pyrrole nitrogens is 1. The molecule has 2 N–H and O–H groups in total. The number of nitrogens with zero attached hydrogens (tertiary/aromatic N) is 3. The van der Waals surface area contributed by atoms with Crippen LogP contribution in [0.25, 0.3) is 22.3 Å². The molecule has 0 fully saturated rings. The number of hydrogen-bond donors (Lipinski definition) is 2. The summed E-state index contributed by atoms with van der Waals surface area (Å²) in [5.74, 6) is 1.19. The van der Waals surface area contributed by atoms with Crippen LogP contribution in [0.1, 0.15) is 21.7 Å². The number of aromatic nitrogens is 4. The van der Waals surface area contributed by atoms with Crippen LogP contribution >= 0.6 is 0 Å². The van der Waals surface area contributed by atoms with Gasteiger partial charge in [0.1, 0.15) is 17.3 Å². The third-order valence-electron chi connectivity index (χ3n) is 5.39. The highest BCUT2D eigenvalue weighted by atomic mass is 16.5. The van der Waals surface area contributed by atoms with E-state index in [2.05, 4.69) is 15.3 Å². The Bertz CT molecular complexity index is 1370. The van der Waals surface area contributed by atoms with Crippen LogP contribution in [0.3, 0.4) is 0 Å². The highest BCUT2D eigenvalue weighted by molar-refractivity contribution is 5.99. The monoisotopic (exact) mass is 437 g/mol. The summed E-state index contributed by atoms with van der Waals surface area (Å²) in [4.78, 5) is 21.0. The second-order valence-corrected chi connectivity index (χ2v) is 7.69.